The summed E-state index contributed by atoms with van der Waals surface area (Å²) >= 11 is 0. The second-order valence-electron chi connectivity index (χ2n) is 5.49. The smallest absolute Gasteiger partial charge is 0.312 e. The van der Waals surface area contributed by atoms with Gasteiger partial charge in [0, 0.05) is 17.8 Å². The molecule has 0 radical (unpaired) electrons. The molecule has 0 bridgehead atoms. The van der Waals surface area contributed by atoms with Gasteiger partial charge in [-0.3, -0.25) is 10.1 Å². The van der Waals surface area contributed by atoms with Gasteiger partial charge in [-0.25, -0.2) is 0 Å². The molecule has 1 aromatic rings. The summed E-state index contributed by atoms with van der Waals surface area (Å²) in [6.07, 6.45) is 5.14. The molecule has 2 aliphatic rings. The molecule has 3 rings (SSSR count). The van der Waals surface area contributed by atoms with Crippen molar-refractivity contribution in [3.05, 3.63) is 28.3 Å². The van der Waals surface area contributed by atoms with Crippen molar-refractivity contribution >= 4 is 11.4 Å². The first-order chi connectivity index (χ1) is 9.19. The van der Waals surface area contributed by atoms with E-state index in [9.17, 15) is 10.1 Å². The van der Waals surface area contributed by atoms with E-state index >= 15 is 0 Å². The zero-order valence-electron chi connectivity index (χ0n) is 11.0. The van der Waals surface area contributed by atoms with E-state index in [4.69, 9.17) is 4.74 Å². The molecule has 5 heteroatoms. The number of anilines is 1. The normalized spacial score (nSPS) is 18.4. The van der Waals surface area contributed by atoms with E-state index in [1.165, 1.54) is 32.8 Å². The Morgan fingerprint density at radius 1 is 1.32 bits per heavy atom. The molecule has 0 heterocycles. The molecule has 2 aliphatic carbocycles. The first-order valence-corrected chi connectivity index (χ1v) is 6.78. The summed E-state index contributed by atoms with van der Waals surface area (Å²) in [5, 5.41) is 14.5. The van der Waals surface area contributed by atoms with E-state index < -0.39 is 4.92 Å². The summed E-state index contributed by atoms with van der Waals surface area (Å²) in [7, 11) is 1.45. The number of rotatable bonds is 6. The Hall–Kier alpha value is -1.78. The molecule has 0 unspecified atom stereocenters. The SMILES string of the molecule is COc1ccc(NC(C2CC2)C2CC2)cc1[N+](=O)[O-]. The number of hydrogen-bond donors (Lipinski definition) is 1. The summed E-state index contributed by atoms with van der Waals surface area (Å²) in [5.41, 5.74) is 0.856. The molecule has 2 saturated carbocycles. The predicted octanol–water partition coefficient (Wildman–Crippen LogP) is 3.20. The maximum absolute atomic E-state index is 11.0. The molecule has 0 atom stereocenters. The summed E-state index contributed by atoms with van der Waals surface area (Å²) in [4.78, 5) is 10.6. The van der Waals surface area contributed by atoms with Gasteiger partial charge in [0.25, 0.3) is 0 Å². The fourth-order valence-corrected chi connectivity index (χ4v) is 2.65. The molecule has 1 N–H and O–H groups in total. The molecular weight excluding hydrogens is 244 g/mol. The third-order valence-electron chi connectivity index (χ3n) is 3.97. The van der Waals surface area contributed by atoms with Gasteiger partial charge in [-0.15, -0.1) is 0 Å². The zero-order chi connectivity index (χ0) is 13.4. The van der Waals surface area contributed by atoms with Crippen LogP contribution in [-0.2, 0) is 0 Å². The van der Waals surface area contributed by atoms with Gasteiger partial charge >= 0.3 is 5.69 Å². The largest absolute Gasteiger partial charge is 0.490 e. The van der Waals surface area contributed by atoms with E-state index in [2.05, 4.69) is 5.32 Å². The number of benzene rings is 1. The lowest BCUT2D eigenvalue weighted by atomic mass is 10.1. The van der Waals surface area contributed by atoms with Gasteiger partial charge in [0.2, 0.25) is 0 Å². The van der Waals surface area contributed by atoms with Crippen LogP contribution in [0.3, 0.4) is 0 Å². The van der Waals surface area contributed by atoms with Crippen molar-refractivity contribution in [1.82, 2.24) is 0 Å². The maximum Gasteiger partial charge on any atom is 0.312 e. The van der Waals surface area contributed by atoms with E-state index in [-0.39, 0.29) is 5.69 Å². The summed E-state index contributed by atoms with van der Waals surface area (Å²) in [6, 6.07) is 5.60. The number of nitrogens with zero attached hydrogens (tertiary/aromatic N) is 1. The number of nitrogens with one attached hydrogen (secondary N) is 1. The average Bonchev–Trinajstić information content (AvgIpc) is 3.29. The van der Waals surface area contributed by atoms with Gasteiger partial charge in [-0.2, -0.15) is 0 Å². The first kappa shape index (κ1) is 12.3. The monoisotopic (exact) mass is 262 g/mol. The van der Waals surface area contributed by atoms with Crippen LogP contribution in [0.15, 0.2) is 18.2 Å². The highest BCUT2D eigenvalue weighted by molar-refractivity contribution is 5.59. The van der Waals surface area contributed by atoms with E-state index in [0.29, 0.717) is 11.8 Å². The molecule has 102 valence electrons. The van der Waals surface area contributed by atoms with E-state index in [0.717, 1.165) is 17.5 Å². The molecular formula is C14H18N2O3. The topological polar surface area (TPSA) is 64.4 Å². The fraction of sp³-hybridized carbons (Fsp3) is 0.571. The lowest BCUT2D eigenvalue weighted by molar-refractivity contribution is -0.385. The van der Waals surface area contributed by atoms with Crippen LogP contribution in [0, 0.1) is 22.0 Å². The molecule has 2 fully saturated rings. The third kappa shape index (κ3) is 2.64. The molecule has 19 heavy (non-hydrogen) atoms. The molecule has 0 spiro atoms. The van der Waals surface area contributed by atoms with Crippen LogP contribution in [0.25, 0.3) is 0 Å². The van der Waals surface area contributed by atoms with E-state index in [1.807, 2.05) is 6.07 Å². The Morgan fingerprint density at radius 2 is 1.95 bits per heavy atom. The predicted molar refractivity (Wildman–Crippen MR) is 72.5 cm³/mol. The molecule has 0 saturated heterocycles. The number of hydrogen-bond acceptors (Lipinski definition) is 4. The van der Waals surface area contributed by atoms with Crippen LogP contribution in [0.1, 0.15) is 25.7 Å². The van der Waals surface area contributed by atoms with Gasteiger partial charge in [-0.1, -0.05) is 0 Å². The van der Waals surface area contributed by atoms with Crippen molar-refractivity contribution in [2.24, 2.45) is 11.8 Å². The highest BCUT2D eigenvalue weighted by Crippen LogP contribution is 2.46. The standard InChI is InChI=1S/C14H18N2O3/c1-19-13-7-6-11(8-12(13)16(17)18)15-14(9-2-3-9)10-4-5-10/h6-10,14-15H,2-5H2,1H3. The van der Waals surface area contributed by atoms with Crippen molar-refractivity contribution in [2.45, 2.75) is 31.7 Å². The summed E-state index contributed by atoms with van der Waals surface area (Å²) < 4.78 is 5.02. The highest BCUT2D eigenvalue weighted by Gasteiger charge is 2.41. The third-order valence-corrected chi connectivity index (χ3v) is 3.97. The lowest BCUT2D eigenvalue weighted by Gasteiger charge is -2.19. The number of nitro groups is 1. The van der Waals surface area contributed by atoms with Crippen LogP contribution in [0.4, 0.5) is 11.4 Å². The quantitative estimate of drug-likeness (QED) is 0.631. The highest BCUT2D eigenvalue weighted by atomic mass is 16.6. The molecule has 5 nitrogen and oxygen atoms in total. The molecule has 0 aliphatic heterocycles. The Balaban J connectivity index is 1.80. The summed E-state index contributed by atoms with van der Waals surface area (Å²) in [6.45, 7) is 0. The number of nitro benzene ring substituents is 1. The Morgan fingerprint density at radius 3 is 2.42 bits per heavy atom. The maximum atomic E-state index is 11.0. The second-order valence-corrected chi connectivity index (χ2v) is 5.49. The van der Waals surface area contributed by atoms with Crippen molar-refractivity contribution in [1.29, 1.82) is 0 Å². The molecule has 0 aromatic heterocycles. The number of methoxy groups -OCH3 is 1. The van der Waals surface area contributed by atoms with Crippen LogP contribution in [0.5, 0.6) is 5.75 Å². The minimum atomic E-state index is -0.396. The van der Waals surface area contributed by atoms with Crippen molar-refractivity contribution in [3.8, 4) is 5.75 Å². The van der Waals surface area contributed by atoms with Crippen LogP contribution in [-0.4, -0.2) is 18.1 Å². The Bertz CT molecular complexity index is 483. The van der Waals surface area contributed by atoms with Crippen molar-refractivity contribution in [2.75, 3.05) is 12.4 Å². The van der Waals surface area contributed by atoms with Crippen molar-refractivity contribution < 1.29 is 9.66 Å². The second kappa shape index (κ2) is 4.72. The van der Waals surface area contributed by atoms with Gasteiger partial charge in [-0.05, 0) is 49.7 Å². The van der Waals surface area contributed by atoms with E-state index in [1.54, 1.807) is 12.1 Å². The zero-order valence-corrected chi connectivity index (χ0v) is 11.0. The van der Waals surface area contributed by atoms with Gasteiger partial charge in [0.05, 0.1) is 12.0 Å². The van der Waals surface area contributed by atoms with Crippen LogP contribution in [0.2, 0.25) is 0 Å². The van der Waals surface area contributed by atoms with Gasteiger partial charge in [0.1, 0.15) is 0 Å². The molecule has 0 amide bonds. The first-order valence-electron chi connectivity index (χ1n) is 6.78. The minimum absolute atomic E-state index is 0.0258. The van der Waals surface area contributed by atoms with Crippen LogP contribution >= 0.6 is 0 Å². The van der Waals surface area contributed by atoms with Gasteiger partial charge in [0.15, 0.2) is 5.75 Å². The Kier molecular flexibility index (Phi) is 3.05. The minimum Gasteiger partial charge on any atom is -0.490 e. The lowest BCUT2D eigenvalue weighted by Crippen LogP contribution is -2.24. The van der Waals surface area contributed by atoms with Gasteiger partial charge < -0.3 is 10.1 Å². The molecule has 1 aromatic carbocycles. The average molecular weight is 262 g/mol. The summed E-state index contributed by atoms with van der Waals surface area (Å²) in [5.74, 6) is 1.83. The Labute approximate surface area is 112 Å². The number of ether oxygens (including phenoxy) is 1. The van der Waals surface area contributed by atoms with Crippen molar-refractivity contribution in [3.63, 3.8) is 0 Å². The van der Waals surface area contributed by atoms with Crippen LogP contribution < -0.4 is 10.1 Å². The fourth-order valence-electron chi connectivity index (χ4n) is 2.65.